The van der Waals surface area contributed by atoms with Gasteiger partial charge in [0.25, 0.3) is 10.0 Å². The minimum atomic E-state index is -3.84. The minimum absolute atomic E-state index is 0.151. The molecule has 0 bridgehead atoms. The molecular weight excluding hydrogens is 336 g/mol. The summed E-state index contributed by atoms with van der Waals surface area (Å²) in [5, 5.41) is 5.06. The molecule has 1 heterocycles. The van der Waals surface area contributed by atoms with Gasteiger partial charge in [0, 0.05) is 6.07 Å². The molecule has 3 rings (SSSR count). The van der Waals surface area contributed by atoms with Crippen molar-refractivity contribution in [1.29, 1.82) is 0 Å². The quantitative estimate of drug-likeness (QED) is 0.575. The number of ether oxygens (including phenoxy) is 1. The summed E-state index contributed by atoms with van der Waals surface area (Å²) < 4.78 is 28.4. The minimum Gasteiger partial charge on any atom is -0.426 e. The van der Waals surface area contributed by atoms with Gasteiger partial charge in [-0.2, -0.15) is 0 Å². The molecule has 0 saturated heterocycles. The van der Waals surface area contributed by atoms with Crippen LogP contribution in [0.2, 0.25) is 0 Å². The van der Waals surface area contributed by atoms with E-state index in [-0.39, 0.29) is 10.8 Å². The number of carbonyl (C=O) groups is 1. The summed E-state index contributed by atoms with van der Waals surface area (Å²) in [5.74, 6) is -0.0952. The van der Waals surface area contributed by atoms with Crippen LogP contribution in [0, 0.1) is 0 Å². The van der Waals surface area contributed by atoms with Crippen molar-refractivity contribution in [3.05, 3.63) is 54.1 Å². The highest BCUT2D eigenvalue weighted by molar-refractivity contribution is 7.91. The molecule has 0 unspecified atom stereocenters. The molecule has 0 atom stereocenters. The van der Waals surface area contributed by atoms with E-state index in [0.717, 1.165) is 16.9 Å². The molecule has 0 amide bonds. The fraction of sp³-hybridized carbons (Fsp3) is 0.0667. The van der Waals surface area contributed by atoms with Gasteiger partial charge in [-0.25, -0.2) is 18.5 Å². The lowest BCUT2D eigenvalue weighted by atomic mass is 10.2. The van der Waals surface area contributed by atoms with Crippen molar-refractivity contribution in [3.63, 3.8) is 0 Å². The summed E-state index contributed by atoms with van der Waals surface area (Å²) in [6.45, 7) is 0. The first kappa shape index (κ1) is 15.6. The zero-order valence-corrected chi connectivity index (χ0v) is 13.4. The number of hydrogen-bond donors (Lipinski definition) is 1. The summed E-state index contributed by atoms with van der Waals surface area (Å²) in [4.78, 5) is 15.9. The van der Waals surface area contributed by atoms with Gasteiger partial charge in [0.05, 0.1) is 16.6 Å². The number of fused-ring (bicyclic) bond motifs is 1. The highest BCUT2D eigenvalue weighted by Gasteiger charge is 2.15. The third-order valence-electron chi connectivity index (χ3n) is 3.01. The average Bonchev–Trinajstić information content (AvgIpc) is 2.91. The van der Waals surface area contributed by atoms with Crippen LogP contribution in [0.4, 0.5) is 0 Å². The molecule has 0 radical (unpaired) electrons. The van der Waals surface area contributed by atoms with Crippen molar-refractivity contribution in [2.75, 3.05) is 0 Å². The van der Waals surface area contributed by atoms with Gasteiger partial charge < -0.3 is 4.74 Å². The number of aromatic nitrogens is 1. The second-order valence-corrected chi connectivity index (χ2v) is 7.56. The number of thiazole rings is 1. The second kappa shape index (κ2) is 6.07. The molecule has 6 nitrogen and oxygen atoms in total. The lowest BCUT2D eigenvalue weighted by Crippen LogP contribution is -2.11. The SMILES string of the molecule is NS(=O)(=O)c1nc2cc(OC(=O)Cc3ccccc3)ccc2s1. The van der Waals surface area contributed by atoms with E-state index < -0.39 is 16.0 Å². The van der Waals surface area contributed by atoms with Gasteiger partial charge in [-0.3, -0.25) is 4.79 Å². The predicted molar refractivity (Wildman–Crippen MR) is 86.8 cm³/mol. The molecule has 0 saturated carbocycles. The van der Waals surface area contributed by atoms with Gasteiger partial charge in [0.15, 0.2) is 0 Å². The van der Waals surface area contributed by atoms with Crippen LogP contribution < -0.4 is 9.88 Å². The van der Waals surface area contributed by atoms with E-state index in [1.165, 1.54) is 6.07 Å². The third kappa shape index (κ3) is 3.73. The molecule has 1 aromatic heterocycles. The Kier molecular flexibility index (Phi) is 4.12. The Hall–Kier alpha value is -2.29. The average molecular weight is 348 g/mol. The van der Waals surface area contributed by atoms with Crippen LogP contribution in [0.15, 0.2) is 52.9 Å². The maximum absolute atomic E-state index is 11.9. The zero-order chi connectivity index (χ0) is 16.4. The second-order valence-electron chi connectivity index (χ2n) is 4.79. The van der Waals surface area contributed by atoms with Crippen molar-refractivity contribution < 1.29 is 17.9 Å². The van der Waals surface area contributed by atoms with E-state index >= 15 is 0 Å². The van der Waals surface area contributed by atoms with E-state index in [1.54, 1.807) is 12.1 Å². The Morgan fingerprint density at radius 2 is 1.91 bits per heavy atom. The van der Waals surface area contributed by atoms with E-state index in [0.29, 0.717) is 16.0 Å². The first-order valence-corrected chi connectivity index (χ1v) is 8.96. The first-order chi connectivity index (χ1) is 10.9. The number of nitrogens with zero attached hydrogens (tertiary/aromatic N) is 1. The zero-order valence-electron chi connectivity index (χ0n) is 11.8. The van der Waals surface area contributed by atoms with E-state index in [4.69, 9.17) is 9.88 Å². The van der Waals surface area contributed by atoms with Gasteiger partial charge in [0.2, 0.25) is 4.34 Å². The Balaban J connectivity index is 1.79. The van der Waals surface area contributed by atoms with Crippen LogP contribution in [0.3, 0.4) is 0 Å². The number of nitrogens with two attached hydrogens (primary N) is 1. The number of carbonyl (C=O) groups excluding carboxylic acids is 1. The highest BCUT2D eigenvalue weighted by Crippen LogP contribution is 2.28. The van der Waals surface area contributed by atoms with Crippen LogP contribution in [0.5, 0.6) is 5.75 Å². The normalized spacial score (nSPS) is 11.5. The van der Waals surface area contributed by atoms with Crippen LogP contribution in [-0.4, -0.2) is 19.4 Å². The molecule has 118 valence electrons. The third-order valence-corrected chi connectivity index (χ3v) is 5.36. The molecule has 3 aromatic rings. The molecule has 0 fully saturated rings. The Labute approximate surface area is 136 Å². The molecule has 8 heteroatoms. The summed E-state index contributed by atoms with van der Waals surface area (Å²) in [6, 6.07) is 14.0. The van der Waals surface area contributed by atoms with E-state index in [9.17, 15) is 13.2 Å². The smallest absolute Gasteiger partial charge is 0.315 e. The fourth-order valence-corrected chi connectivity index (χ4v) is 3.64. The van der Waals surface area contributed by atoms with Gasteiger partial charge >= 0.3 is 5.97 Å². The first-order valence-electron chi connectivity index (χ1n) is 6.60. The van der Waals surface area contributed by atoms with Crippen molar-refractivity contribution >= 4 is 37.5 Å². The Bertz CT molecular complexity index is 966. The maximum atomic E-state index is 11.9. The van der Waals surface area contributed by atoms with Gasteiger partial charge in [0.1, 0.15) is 5.75 Å². The summed E-state index contributed by atoms with van der Waals surface area (Å²) in [6.07, 6.45) is 0.151. The summed E-state index contributed by atoms with van der Waals surface area (Å²) in [7, 11) is -3.84. The van der Waals surface area contributed by atoms with Crippen molar-refractivity contribution in [2.24, 2.45) is 5.14 Å². The highest BCUT2D eigenvalue weighted by atomic mass is 32.2. The van der Waals surface area contributed by atoms with E-state index in [2.05, 4.69) is 4.98 Å². The summed E-state index contributed by atoms with van der Waals surface area (Å²) >= 11 is 0.970. The number of benzene rings is 2. The largest absolute Gasteiger partial charge is 0.426 e. The molecule has 0 aliphatic carbocycles. The van der Waals surface area contributed by atoms with Gasteiger partial charge in [-0.05, 0) is 17.7 Å². The molecular formula is C15H12N2O4S2. The molecule has 0 aliphatic rings. The fourth-order valence-electron chi connectivity index (χ4n) is 2.00. The molecule has 23 heavy (non-hydrogen) atoms. The Morgan fingerprint density at radius 3 is 2.61 bits per heavy atom. The van der Waals surface area contributed by atoms with Crippen molar-refractivity contribution in [2.45, 2.75) is 10.8 Å². The number of sulfonamides is 1. The standard InChI is InChI=1S/C15H12N2O4S2/c16-23(19,20)15-17-12-9-11(6-7-13(12)22-15)21-14(18)8-10-4-2-1-3-5-10/h1-7,9H,8H2,(H2,16,19,20). The number of hydrogen-bond acceptors (Lipinski definition) is 6. The molecule has 2 N–H and O–H groups in total. The number of rotatable bonds is 4. The molecule has 0 spiro atoms. The van der Waals surface area contributed by atoms with Gasteiger partial charge in [-0.15, -0.1) is 11.3 Å². The van der Waals surface area contributed by atoms with Crippen molar-refractivity contribution in [1.82, 2.24) is 4.98 Å². The predicted octanol–water partition coefficient (Wildman–Crippen LogP) is 2.09. The summed E-state index contributed by atoms with van der Waals surface area (Å²) in [5.41, 5.74) is 1.27. The van der Waals surface area contributed by atoms with Gasteiger partial charge in [-0.1, -0.05) is 30.3 Å². The maximum Gasteiger partial charge on any atom is 0.315 e. The molecule has 0 aliphatic heterocycles. The monoisotopic (exact) mass is 348 g/mol. The van der Waals surface area contributed by atoms with Crippen LogP contribution >= 0.6 is 11.3 Å². The van der Waals surface area contributed by atoms with Crippen molar-refractivity contribution in [3.8, 4) is 5.75 Å². The molecule has 2 aromatic carbocycles. The van der Waals surface area contributed by atoms with Crippen LogP contribution in [-0.2, 0) is 21.2 Å². The van der Waals surface area contributed by atoms with Crippen LogP contribution in [0.25, 0.3) is 10.2 Å². The van der Waals surface area contributed by atoms with E-state index in [1.807, 2.05) is 30.3 Å². The Morgan fingerprint density at radius 1 is 1.17 bits per heavy atom. The number of esters is 1. The number of primary sulfonamides is 1. The topological polar surface area (TPSA) is 99.4 Å². The lowest BCUT2D eigenvalue weighted by Gasteiger charge is -2.04. The lowest BCUT2D eigenvalue weighted by molar-refractivity contribution is -0.133. The van der Waals surface area contributed by atoms with Crippen LogP contribution in [0.1, 0.15) is 5.56 Å².